The van der Waals surface area contributed by atoms with Gasteiger partial charge in [0.25, 0.3) is 0 Å². The van der Waals surface area contributed by atoms with E-state index in [0.717, 1.165) is 32.0 Å². The molecule has 1 aliphatic heterocycles. The first kappa shape index (κ1) is 15.2. The van der Waals surface area contributed by atoms with E-state index in [9.17, 15) is 0 Å². The van der Waals surface area contributed by atoms with Crippen LogP contribution in [0.4, 0.5) is 0 Å². The second kappa shape index (κ2) is 6.47. The smallest absolute Gasteiger partial charge is 0.191 e. The molecule has 0 radical (unpaired) electrons. The lowest BCUT2D eigenvalue weighted by Gasteiger charge is -2.16. The lowest BCUT2D eigenvalue weighted by Crippen LogP contribution is -2.40. The summed E-state index contributed by atoms with van der Waals surface area (Å²) in [4.78, 5) is 7.82. The highest BCUT2D eigenvalue weighted by Gasteiger charge is 2.06. The molecule has 2 heterocycles. The van der Waals surface area contributed by atoms with Crippen LogP contribution in [-0.4, -0.2) is 24.0 Å². The maximum Gasteiger partial charge on any atom is 0.191 e. The predicted molar refractivity (Wildman–Crippen MR) is 94.9 cm³/mol. The first-order valence-corrected chi connectivity index (χ1v) is 6.84. The van der Waals surface area contributed by atoms with Gasteiger partial charge >= 0.3 is 0 Å². The zero-order valence-electron chi connectivity index (χ0n) is 11.9. The summed E-state index contributed by atoms with van der Waals surface area (Å²) < 4.78 is 0. The molecule has 1 aliphatic rings. The minimum absolute atomic E-state index is 0. The van der Waals surface area contributed by atoms with Crippen LogP contribution in [0.2, 0.25) is 0 Å². The van der Waals surface area contributed by atoms with E-state index in [1.807, 2.05) is 0 Å². The largest absolute Gasteiger partial charge is 0.358 e. The number of hydrogen-bond donors (Lipinski definition) is 3. The SMILES string of the molecule is Cc1[nH]c2ccc(CNC3=NCCCN3)cc2c1C.I. The fraction of sp³-hybridized carbons (Fsp3) is 0.400. The van der Waals surface area contributed by atoms with Gasteiger partial charge in [0.15, 0.2) is 5.96 Å². The van der Waals surface area contributed by atoms with Gasteiger partial charge in [-0.15, -0.1) is 24.0 Å². The molecule has 3 rings (SSSR count). The zero-order valence-corrected chi connectivity index (χ0v) is 14.2. The van der Waals surface area contributed by atoms with Crippen molar-refractivity contribution in [3.05, 3.63) is 35.0 Å². The molecule has 3 N–H and O–H groups in total. The second-order valence-electron chi connectivity index (χ2n) is 5.12. The average Bonchev–Trinajstić information content (AvgIpc) is 2.73. The topological polar surface area (TPSA) is 52.2 Å². The number of aromatic nitrogens is 1. The van der Waals surface area contributed by atoms with Gasteiger partial charge in [-0.3, -0.25) is 4.99 Å². The Morgan fingerprint density at radius 2 is 2.15 bits per heavy atom. The number of H-pyrrole nitrogens is 1. The number of rotatable bonds is 2. The maximum atomic E-state index is 4.42. The summed E-state index contributed by atoms with van der Waals surface area (Å²) in [6.45, 7) is 7.03. The van der Waals surface area contributed by atoms with Crippen molar-refractivity contribution >= 4 is 40.8 Å². The highest BCUT2D eigenvalue weighted by Crippen LogP contribution is 2.22. The molecule has 0 unspecified atom stereocenters. The summed E-state index contributed by atoms with van der Waals surface area (Å²) in [7, 11) is 0. The molecule has 108 valence electrons. The van der Waals surface area contributed by atoms with E-state index in [1.54, 1.807) is 0 Å². The first-order chi connectivity index (χ1) is 9.24. The van der Waals surface area contributed by atoms with Crippen LogP contribution in [0.3, 0.4) is 0 Å². The van der Waals surface area contributed by atoms with Crippen LogP contribution in [0.5, 0.6) is 0 Å². The van der Waals surface area contributed by atoms with E-state index in [2.05, 4.69) is 52.7 Å². The van der Waals surface area contributed by atoms with Gasteiger partial charge in [-0.05, 0) is 43.5 Å². The maximum absolute atomic E-state index is 4.42. The van der Waals surface area contributed by atoms with Crippen molar-refractivity contribution in [2.45, 2.75) is 26.8 Å². The summed E-state index contributed by atoms with van der Waals surface area (Å²) >= 11 is 0. The van der Waals surface area contributed by atoms with Crippen LogP contribution in [0, 0.1) is 13.8 Å². The molecule has 5 heteroatoms. The fourth-order valence-electron chi connectivity index (χ4n) is 2.46. The number of aryl methyl sites for hydroxylation is 2. The third-order valence-electron chi connectivity index (χ3n) is 3.73. The van der Waals surface area contributed by atoms with E-state index < -0.39 is 0 Å². The minimum Gasteiger partial charge on any atom is -0.358 e. The molecule has 0 amide bonds. The van der Waals surface area contributed by atoms with Crippen LogP contribution in [0.1, 0.15) is 23.2 Å². The van der Waals surface area contributed by atoms with Crippen LogP contribution in [0.15, 0.2) is 23.2 Å². The van der Waals surface area contributed by atoms with Crippen LogP contribution in [-0.2, 0) is 6.54 Å². The van der Waals surface area contributed by atoms with Crippen LogP contribution >= 0.6 is 24.0 Å². The Morgan fingerprint density at radius 3 is 2.90 bits per heavy atom. The average molecular weight is 384 g/mol. The molecule has 0 fully saturated rings. The Hall–Kier alpha value is -1.24. The van der Waals surface area contributed by atoms with Crippen molar-refractivity contribution in [1.82, 2.24) is 15.6 Å². The van der Waals surface area contributed by atoms with E-state index in [0.29, 0.717) is 0 Å². The quantitative estimate of drug-likeness (QED) is 0.698. The highest BCUT2D eigenvalue weighted by molar-refractivity contribution is 14.0. The van der Waals surface area contributed by atoms with Gasteiger partial charge < -0.3 is 15.6 Å². The summed E-state index contributed by atoms with van der Waals surface area (Å²) in [5.74, 6) is 0.924. The third-order valence-corrected chi connectivity index (χ3v) is 3.73. The van der Waals surface area contributed by atoms with Crippen molar-refractivity contribution in [2.75, 3.05) is 13.1 Å². The number of fused-ring (bicyclic) bond motifs is 1. The van der Waals surface area contributed by atoms with Gasteiger partial charge in [0.1, 0.15) is 0 Å². The van der Waals surface area contributed by atoms with Crippen molar-refractivity contribution in [1.29, 1.82) is 0 Å². The van der Waals surface area contributed by atoms with Gasteiger partial charge in [-0.2, -0.15) is 0 Å². The number of nitrogens with zero attached hydrogens (tertiary/aromatic N) is 1. The first-order valence-electron chi connectivity index (χ1n) is 6.84. The summed E-state index contributed by atoms with van der Waals surface area (Å²) in [5, 5.41) is 7.95. The monoisotopic (exact) mass is 384 g/mol. The van der Waals surface area contributed by atoms with Gasteiger partial charge in [0.05, 0.1) is 0 Å². The van der Waals surface area contributed by atoms with Crippen molar-refractivity contribution in [3.63, 3.8) is 0 Å². The minimum atomic E-state index is 0. The second-order valence-corrected chi connectivity index (χ2v) is 5.12. The predicted octanol–water partition coefficient (Wildman–Crippen LogP) is 2.84. The number of guanidine groups is 1. The van der Waals surface area contributed by atoms with Crippen LogP contribution in [0.25, 0.3) is 10.9 Å². The van der Waals surface area contributed by atoms with E-state index >= 15 is 0 Å². The molecule has 20 heavy (non-hydrogen) atoms. The van der Waals surface area contributed by atoms with Gasteiger partial charge in [0, 0.05) is 36.2 Å². The van der Waals surface area contributed by atoms with Crippen LogP contribution < -0.4 is 10.6 Å². The Kier molecular flexibility index (Phi) is 4.91. The Bertz CT molecular complexity index is 630. The van der Waals surface area contributed by atoms with Crippen molar-refractivity contribution in [2.24, 2.45) is 4.99 Å². The molecule has 0 bridgehead atoms. The number of hydrogen-bond acceptors (Lipinski definition) is 3. The zero-order chi connectivity index (χ0) is 13.2. The molecule has 0 atom stereocenters. The molecule has 0 aliphatic carbocycles. The summed E-state index contributed by atoms with van der Waals surface area (Å²) in [5.41, 5.74) is 5.08. The standard InChI is InChI=1S/C15H20N4.HI/c1-10-11(2)19-14-5-4-12(8-13(10)14)9-18-15-16-6-3-7-17-15;/h4-5,8,19H,3,6-7,9H2,1-2H3,(H2,16,17,18);1H. The molecule has 4 nitrogen and oxygen atoms in total. The van der Waals surface area contributed by atoms with Crippen molar-refractivity contribution in [3.8, 4) is 0 Å². The van der Waals surface area contributed by atoms with E-state index in [-0.39, 0.29) is 24.0 Å². The number of benzene rings is 1. The fourth-order valence-corrected chi connectivity index (χ4v) is 2.46. The Balaban J connectivity index is 0.00000147. The lowest BCUT2D eigenvalue weighted by molar-refractivity contribution is 0.702. The van der Waals surface area contributed by atoms with E-state index in [4.69, 9.17) is 0 Å². The molecular weight excluding hydrogens is 363 g/mol. The molecule has 2 aromatic rings. The molecule has 1 aromatic carbocycles. The van der Waals surface area contributed by atoms with Gasteiger partial charge in [-0.1, -0.05) is 6.07 Å². The van der Waals surface area contributed by atoms with E-state index in [1.165, 1.54) is 27.7 Å². The number of aliphatic imine (C=N–C) groups is 1. The van der Waals surface area contributed by atoms with Crippen molar-refractivity contribution < 1.29 is 0 Å². The Morgan fingerprint density at radius 1 is 1.30 bits per heavy atom. The number of nitrogens with one attached hydrogen (secondary N) is 3. The summed E-state index contributed by atoms with van der Waals surface area (Å²) in [6.07, 6.45) is 1.12. The molecule has 0 saturated heterocycles. The number of aromatic amines is 1. The van der Waals surface area contributed by atoms with Gasteiger partial charge in [-0.25, -0.2) is 0 Å². The third kappa shape index (κ3) is 3.08. The summed E-state index contributed by atoms with van der Waals surface area (Å²) in [6, 6.07) is 6.57. The molecule has 0 saturated carbocycles. The Labute approximate surface area is 136 Å². The molecular formula is C15H21IN4. The lowest BCUT2D eigenvalue weighted by atomic mass is 10.1. The molecule has 0 spiro atoms. The normalized spacial score (nSPS) is 14.4. The van der Waals surface area contributed by atoms with Gasteiger partial charge in [0.2, 0.25) is 0 Å². The number of halogens is 1. The molecule has 1 aromatic heterocycles. The highest BCUT2D eigenvalue weighted by atomic mass is 127.